The Bertz CT molecular complexity index is 2220. The van der Waals surface area contributed by atoms with Gasteiger partial charge in [0.25, 0.3) is 0 Å². The standard InChI is InChI=1S/C43H38INS/c1-41(2)36-21-20-33-32-10-6-5-9-27(32)11-18-34(33)40(36)35-19-12-28(25-37(35)41)29-13-22-39-38(26-29)42(3)23-7-8-24-43(42,4)45(39)30-14-16-31(46-44)17-15-30/h5-6,9-22,25-26H,7-8,23-24H2,1-4H3. The van der Waals surface area contributed by atoms with Crippen molar-refractivity contribution in [2.75, 3.05) is 4.90 Å². The van der Waals surface area contributed by atoms with Gasteiger partial charge in [0.05, 0.1) is 5.54 Å². The second kappa shape index (κ2) is 10.1. The number of halogens is 1. The summed E-state index contributed by atoms with van der Waals surface area (Å²) in [7, 11) is 1.78. The van der Waals surface area contributed by atoms with Gasteiger partial charge in [0.15, 0.2) is 0 Å². The van der Waals surface area contributed by atoms with Gasteiger partial charge >= 0.3 is 0 Å². The molecule has 0 N–H and O–H groups in total. The van der Waals surface area contributed by atoms with Crippen LogP contribution in [0.3, 0.4) is 0 Å². The Hall–Kier alpha value is -3.28. The summed E-state index contributed by atoms with van der Waals surface area (Å²) < 4.78 is 0. The van der Waals surface area contributed by atoms with Crippen molar-refractivity contribution < 1.29 is 0 Å². The Balaban J connectivity index is 1.18. The number of hydrogen-bond acceptors (Lipinski definition) is 2. The summed E-state index contributed by atoms with van der Waals surface area (Å²) in [5.74, 6) is 0. The minimum atomic E-state index is -0.0651. The van der Waals surface area contributed by atoms with Crippen LogP contribution >= 0.6 is 30.1 Å². The van der Waals surface area contributed by atoms with E-state index in [2.05, 4.69) is 163 Å². The van der Waals surface area contributed by atoms with Crippen LogP contribution in [0.4, 0.5) is 11.4 Å². The van der Waals surface area contributed by atoms with Gasteiger partial charge in [0.1, 0.15) is 0 Å². The molecule has 9 rings (SSSR count). The monoisotopic (exact) mass is 727 g/mol. The summed E-state index contributed by atoms with van der Waals surface area (Å²) in [4.78, 5) is 3.99. The van der Waals surface area contributed by atoms with Crippen molar-refractivity contribution in [3.8, 4) is 22.3 Å². The molecule has 1 heterocycles. The van der Waals surface area contributed by atoms with Crippen LogP contribution in [-0.4, -0.2) is 5.54 Å². The predicted molar refractivity (Wildman–Crippen MR) is 207 cm³/mol. The van der Waals surface area contributed by atoms with Gasteiger partial charge in [-0.1, -0.05) is 109 Å². The summed E-state index contributed by atoms with van der Waals surface area (Å²) in [5, 5.41) is 5.35. The summed E-state index contributed by atoms with van der Waals surface area (Å²) in [6.45, 7) is 9.88. The summed E-state index contributed by atoms with van der Waals surface area (Å²) in [6, 6.07) is 42.0. The van der Waals surface area contributed by atoms with Crippen molar-refractivity contribution in [3.63, 3.8) is 0 Å². The third-order valence-corrected chi connectivity index (χ3v) is 14.2. The van der Waals surface area contributed by atoms with Gasteiger partial charge < -0.3 is 4.90 Å². The molecule has 6 aromatic carbocycles. The van der Waals surface area contributed by atoms with Gasteiger partial charge in [0.2, 0.25) is 0 Å². The van der Waals surface area contributed by atoms with E-state index in [4.69, 9.17) is 0 Å². The Labute approximate surface area is 289 Å². The van der Waals surface area contributed by atoms with E-state index in [-0.39, 0.29) is 16.4 Å². The Morgan fingerprint density at radius 3 is 2.15 bits per heavy atom. The van der Waals surface area contributed by atoms with Crippen LogP contribution in [0.2, 0.25) is 0 Å². The molecule has 6 aromatic rings. The number of anilines is 2. The molecule has 1 fully saturated rings. The first-order valence-corrected chi connectivity index (χ1v) is 20.0. The minimum absolute atomic E-state index is 0.0536. The molecule has 0 amide bonds. The van der Waals surface area contributed by atoms with Crippen molar-refractivity contribution in [2.45, 2.75) is 74.6 Å². The van der Waals surface area contributed by atoms with Gasteiger partial charge in [-0.3, -0.25) is 0 Å². The molecule has 1 aliphatic heterocycles. The molecule has 3 heteroatoms. The van der Waals surface area contributed by atoms with Crippen LogP contribution in [0.15, 0.2) is 114 Å². The summed E-state index contributed by atoms with van der Waals surface area (Å²) >= 11 is 2.38. The van der Waals surface area contributed by atoms with Gasteiger partial charge in [-0.05, 0) is 123 Å². The molecule has 1 nitrogen and oxygen atoms in total. The van der Waals surface area contributed by atoms with Crippen molar-refractivity contribution >= 4 is 63.1 Å². The van der Waals surface area contributed by atoms with Crippen molar-refractivity contribution in [3.05, 3.63) is 126 Å². The number of rotatable bonds is 3. The van der Waals surface area contributed by atoms with E-state index in [9.17, 15) is 0 Å². The summed E-state index contributed by atoms with van der Waals surface area (Å²) in [6.07, 6.45) is 5.02. The second-order valence-electron chi connectivity index (χ2n) is 14.7. The van der Waals surface area contributed by atoms with Crippen LogP contribution in [-0.2, 0) is 10.8 Å². The van der Waals surface area contributed by atoms with Crippen LogP contribution in [0.25, 0.3) is 43.8 Å². The molecular formula is C43H38INS. The number of hydrogen-bond donors (Lipinski definition) is 0. The lowest BCUT2D eigenvalue weighted by Crippen LogP contribution is -2.54. The van der Waals surface area contributed by atoms with E-state index >= 15 is 0 Å². The molecule has 0 radical (unpaired) electrons. The van der Waals surface area contributed by atoms with Crippen molar-refractivity contribution in [1.82, 2.24) is 0 Å². The van der Waals surface area contributed by atoms with Gasteiger partial charge in [-0.25, -0.2) is 0 Å². The molecule has 2 aliphatic carbocycles. The molecule has 3 aliphatic rings. The smallest absolute Gasteiger partial charge is 0.0517 e. The first-order valence-electron chi connectivity index (χ1n) is 16.7. The first-order chi connectivity index (χ1) is 22.2. The molecule has 0 saturated heterocycles. The fourth-order valence-corrected chi connectivity index (χ4v) is 10.6. The highest BCUT2D eigenvalue weighted by atomic mass is 127. The maximum atomic E-state index is 2.68. The average Bonchev–Trinajstić information content (AvgIpc) is 3.44. The fourth-order valence-electron chi connectivity index (χ4n) is 9.47. The molecule has 0 spiro atoms. The third-order valence-electron chi connectivity index (χ3n) is 12.2. The van der Waals surface area contributed by atoms with E-state index in [0.717, 1.165) is 0 Å². The van der Waals surface area contributed by atoms with Crippen LogP contribution in [0.1, 0.15) is 70.1 Å². The highest BCUT2D eigenvalue weighted by molar-refractivity contribution is 14.2. The number of fused-ring (bicyclic) bond motifs is 10. The van der Waals surface area contributed by atoms with E-state index in [1.54, 1.807) is 8.93 Å². The fraction of sp³-hybridized carbons (Fsp3) is 0.256. The van der Waals surface area contributed by atoms with Gasteiger partial charge in [0, 0.05) is 48.3 Å². The second-order valence-corrected chi connectivity index (χ2v) is 16.7. The minimum Gasteiger partial charge on any atom is -0.334 e. The Morgan fingerprint density at radius 1 is 0.630 bits per heavy atom. The lowest BCUT2D eigenvalue weighted by molar-refractivity contribution is 0.195. The molecule has 228 valence electrons. The maximum absolute atomic E-state index is 2.68. The quantitative estimate of drug-likeness (QED) is 0.132. The molecule has 2 atom stereocenters. The van der Waals surface area contributed by atoms with E-state index in [1.165, 1.54) is 102 Å². The molecule has 46 heavy (non-hydrogen) atoms. The highest BCUT2D eigenvalue weighted by Crippen LogP contribution is 2.61. The molecule has 0 aromatic heterocycles. The first kappa shape index (κ1) is 28.9. The molecule has 0 bridgehead atoms. The number of benzene rings is 6. The highest BCUT2D eigenvalue weighted by Gasteiger charge is 2.57. The lowest BCUT2D eigenvalue weighted by Gasteiger charge is -2.50. The zero-order valence-corrected chi connectivity index (χ0v) is 29.9. The van der Waals surface area contributed by atoms with E-state index < -0.39 is 0 Å². The topological polar surface area (TPSA) is 3.24 Å². The zero-order chi connectivity index (χ0) is 31.4. The molecule has 2 unspecified atom stereocenters. The van der Waals surface area contributed by atoms with Crippen LogP contribution < -0.4 is 4.90 Å². The van der Waals surface area contributed by atoms with Gasteiger partial charge in [-0.15, -0.1) is 0 Å². The summed E-state index contributed by atoms with van der Waals surface area (Å²) in [5.41, 5.74) is 12.6. The SMILES string of the molecule is CC1(C)c2cc(-c3ccc4c(c3)C3(C)CCCCC3(C)N4c3ccc(SI)cc3)ccc2-c2c1ccc1c2ccc2ccccc21. The Kier molecular flexibility index (Phi) is 6.35. The van der Waals surface area contributed by atoms with Crippen LogP contribution in [0.5, 0.6) is 0 Å². The number of nitrogens with zero attached hydrogens (tertiary/aromatic N) is 1. The van der Waals surface area contributed by atoms with Crippen molar-refractivity contribution in [1.29, 1.82) is 0 Å². The average molecular weight is 728 g/mol. The third kappa shape index (κ3) is 3.82. The lowest BCUT2D eigenvalue weighted by atomic mass is 9.61. The molecular weight excluding hydrogens is 689 g/mol. The van der Waals surface area contributed by atoms with E-state index in [1.807, 2.05) is 0 Å². The zero-order valence-electron chi connectivity index (χ0n) is 27.0. The predicted octanol–water partition coefficient (Wildman–Crippen LogP) is 13.2. The largest absolute Gasteiger partial charge is 0.334 e. The maximum Gasteiger partial charge on any atom is 0.0517 e. The van der Waals surface area contributed by atoms with E-state index in [0.29, 0.717) is 0 Å². The van der Waals surface area contributed by atoms with Crippen LogP contribution in [0, 0.1) is 0 Å². The Morgan fingerprint density at radius 2 is 1.35 bits per heavy atom. The van der Waals surface area contributed by atoms with Crippen molar-refractivity contribution in [2.24, 2.45) is 0 Å². The normalized spacial score (nSPS) is 22.5. The van der Waals surface area contributed by atoms with Gasteiger partial charge in [-0.2, -0.15) is 0 Å². The molecule has 1 saturated carbocycles.